The number of rotatable bonds is 6. The Kier molecular flexibility index (Phi) is 6.76. The molecule has 1 aromatic heterocycles. The van der Waals surface area contributed by atoms with Crippen molar-refractivity contribution in [3.05, 3.63) is 122 Å². The Morgan fingerprint density at radius 3 is 2.50 bits per heavy atom. The summed E-state index contributed by atoms with van der Waals surface area (Å²) in [6, 6.07) is 25.3. The highest BCUT2D eigenvalue weighted by Crippen LogP contribution is 2.44. The smallest absolute Gasteiger partial charge is 0.300 e. The Hall–Kier alpha value is -3.68. The average molecular weight is 560 g/mol. The van der Waals surface area contributed by atoms with E-state index in [4.69, 9.17) is 4.74 Å². The zero-order valence-electron chi connectivity index (χ0n) is 19.4. The average Bonchev–Trinajstić information content (AvgIpc) is 3.50. The number of carbonyl (C=O) groups excluding carboxylic acids is 2. The molecule has 1 aliphatic rings. The molecule has 0 spiro atoms. The third-order valence-electron chi connectivity index (χ3n) is 6.03. The maximum atomic E-state index is 13.3. The van der Waals surface area contributed by atoms with Crippen LogP contribution in [0.1, 0.15) is 27.6 Å². The molecule has 5 rings (SSSR count). The first kappa shape index (κ1) is 24.0. The highest BCUT2D eigenvalue weighted by Gasteiger charge is 2.47. The van der Waals surface area contributed by atoms with Crippen LogP contribution >= 0.6 is 27.3 Å². The van der Waals surface area contributed by atoms with Crippen LogP contribution in [-0.2, 0) is 16.2 Å². The second-order valence-corrected chi connectivity index (χ2v) is 10.3. The van der Waals surface area contributed by atoms with Gasteiger partial charge in [-0.15, -0.1) is 11.3 Å². The molecule has 0 aliphatic carbocycles. The predicted molar refractivity (Wildman–Crippen MR) is 145 cm³/mol. The van der Waals surface area contributed by atoms with Crippen LogP contribution in [0.25, 0.3) is 5.76 Å². The van der Waals surface area contributed by atoms with E-state index < -0.39 is 17.7 Å². The fourth-order valence-electron chi connectivity index (χ4n) is 4.29. The predicted octanol–water partition coefficient (Wildman–Crippen LogP) is 7.02. The number of hydrogen-bond donors (Lipinski definition) is 1. The molecule has 1 unspecified atom stereocenters. The van der Waals surface area contributed by atoms with Gasteiger partial charge >= 0.3 is 0 Å². The van der Waals surface area contributed by atoms with Crippen molar-refractivity contribution in [1.82, 2.24) is 0 Å². The van der Waals surface area contributed by atoms with Crippen molar-refractivity contribution < 1.29 is 19.4 Å². The first-order valence-corrected chi connectivity index (χ1v) is 13.0. The van der Waals surface area contributed by atoms with Gasteiger partial charge in [0.05, 0.1) is 5.57 Å². The van der Waals surface area contributed by atoms with Crippen molar-refractivity contribution in [2.24, 2.45) is 0 Å². The SMILES string of the molecule is Cc1cc(/C(O)=C2/C(=O)C(=O)N(c3cccc(Br)c3)C2c2cccs2)ccc1OCc1ccccc1. The van der Waals surface area contributed by atoms with E-state index in [2.05, 4.69) is 15.9 Å². The number of ether oxygens (including phenoxy) is 1. The number of Topliss-reactive ketones (excluding diaryl/α,β-unsaturated/α-hetero) is 1. The molecule has 7 heteroatoms. The molecule has 180 valence electrons. The van der Waals surface area contributed by atoms with Gasteiger partial charge in [0, 0.05) is 20.6 Å². The lowest BCUT2D eigenvalue weighted by molar-refractivity contribution is -0.132. The van der Waals surface area contributed by atoms with Crippen LogP contribution in [0, 0.1) is 6.92 Å². The second kappa shape index (κ2) is 10.1. The highest BCUT2D eigenvalue weighted by molar-refractivity contribution is 9.10. The number of aliphatic hydroxyl groups excluding tert-OH is 1. The Morgan fingerprint density at radius 1 is 1.00 bits per heavy atom. The number of hydrogen-bond acceptors (Lipinski definition) is 5. The van der Waals surface area contributed by atoms with Crippen LogP contribution in [-0.4, -0.2) is 16.8 Å². The van der Waals surface area contributed by atoms with E-state index in [1.807, 2.05) is 66.9 Å². The molecule has 1 saturated heterocycles. The molecule has 4 aromatic rings. The van der Waals surface area contributed by atoms with Gasteiger partial charge < -0.3 is 9.84 Å². The van der Waals surface area contributed by atoms with E-state index in [1.165, 1.54) is 16.2 Å². The molecule has 3 aromatic carbocycles. The van der Waals surface area contributed by atoms with E-state index in [0.29, 0.717) is 23.6 Å². The number of aliphatic hydroxyl groups is 1. The van der Waals surface area contributed by atoms with Gasteiger partial charge in [0.1, 0.15) is 24.2 Å². The minimum atomic E-state index is -0.728. The summed E-state index contributed by atoms with van der Waals surface area (Å²) in [5.41, 5.74) is 2.95. The number of nitrogens with zero attached hydrogens (tertiary/aromatic N) is 1. The van der Waals surface area contributed by atoms with Gasteiger partial charge in [-0.25, -0.2) is 0 Å². The monoisotopic (exact) mass is 559 g/mol. The van der Waals surface area contributed by atoms with Crippen LogP contribution < -0.4 is 9.64 Å². The minimum absolute atomic E-state index is 0.0692. The molecule has 0 saturated carbocycles. The number of carbonyl (C=O) groups is 2. The van der Waals surface area contributed by atoms with Gasteiger partial charge in [-0.1, -0.05) is 58.4 Å². The molecule has 5 nitrogen and oxygen atoms in total. The molecule has 1 amide bonds. The van der Waals surface area contributed by atoms with Crippen LogP contribution in [0.3, 0.4) is 0 Å². The summed E-state index contributed by atoms with van der Waals surface area (Å²) in [6.45, 7) is 2.30. The zero-order chi connectivity index (χ0) is 25.2. The fourth-order valence-corrected chi connectivity index (χ4v) is 5.50. The standard InChI is InChI=1S/C29H22BrNO4S/c1-18-15-20(12-13-23(18)35-17-19-7-3-2-4-8-19)27(32)25-26(24-11-6-14-36-24)31(29(34)28(25)33)22-10-5-9-21(30)16-22/h2-16,26,32H,17H2,1H3/b27-25-. The highest BCUT2D eigenvalue weighted by atomic mass is 79.9. The van der Waals surface area contributed by atoms with Gasteiger partial charge in [0.2, 0.25) is 0 Å². The Bertz CT molecular complexity index is 1460. The van der Waals surface area contributed by atoms with Gasteiger partial charge in [-0.05, 0) is 65.9 Å². The molecular formula is C29H22BrNO4S. The normalized spacial score (nSPS) is 16.9. The van der Waals surface area contributed by atoms with E-state index in [0.717, 1.165) is 20.5 Å². The Morgan fingerprint density at radius 2 is 1.81 bits per heavy atom. The second-order valence-electron chi connectivity index (χ2n) is 8.42. The summed E-state index contributed by atoms with van der Waals surface area (Å²) in [5.74, 6) is -0.915. The first-order chi connectivity index (χ1) is 17.4. The van der Waals surface area contributed by atoms with Gasteiger partial charge in [-0.2, -0.15) is 0 Å². The van der Waals surface area contributed by atoms with Gasteiger partial charge in [0.25, 0.3) is 11.7 Å². The van der Waals surface area contributed by atoms with Crippen molar-refractivity contribution >= 4 is 50.4 Å². The number of aryl methyl sites for hydroxylation is 1. The number of anilines is 1. The summed E-state index contributed by atoms with van der Waals surface area (Å²) >= 11 is 4.87. The summed E-state index contributed by atoms with van der Waals surface area (Å²) in [6.07, 6.45) is 0. The maximum absolute atomic E-state index is 13.3. The molecule has 1 fully saturated rings. The summed E-state index contributed by atoms with van der Waals surface area (Å²) in [4.78, 5) is 28.7. The number of thiophene rings is 1. The minimum Gasteiger partial charge on any atom is -0.507 e. The van der Waals surface area contributed by atoms with Crippen LogP contribution in [0.5, 0.6) is 5.75 Å². The molecule has 1 aliphatic heterocycles. The molecule has 0 bridgehead atoms. The summed E-state index contributed by atoms with van der Waals surface area (Å²) < 4.78 is 6.74. The Balaban J connectivity index is 1.53. The lowest BCUT2D eigenvalue weighted by atomic mass is 9.98. The molecule has 36 heavy (non-hydrogen) atoms. The van der Waals surface area contributed by atoms with Gasteiger partial charge in [-0.3, -0.25) is 14.5 Å². The van der Waals surface area contributed by atoms with E-state index in [1.54, 1.807) is 30.3 Å². The maximum Gasteiger partial charge on any atom is 0.300 e. The van der Waals surface area contributed by atoms with E-state index in [-0.39, 0.29) is 11.3 Å². The zero-order valence-corrected chi connectivity index (χ0v) is 21.8. The van der Waals surface area contributed by atoms with Crippen molar-refractivity contribution in [2.75, 3.05) is 4.90 Å². The largest absolute Gasteiger partial charge is 0.507 e. The fraction of sp³-hybridized carbons (Fsp3) is 0.103. The summed E-state index contributed by atoms with van der Waals surface area (Å²) in [7, 11) is 0. The molecule has 1 N–H and O–H groups in total. The third kappa shape index (κ3) is 4.59. The van der Waals surface area contributed by atoms with Crippen molar-refractivity contribution in [3.63, 3.8) is 0 Å². The molecule has 2 heterocycles. The van der Waals surface area contributed by atoms with Gasteiger partial charge in [0.15, 0.2) is 0 Å². The number of amides is 1. The molecular weight excluding hydrogens is 538 g/mol. The van der Waals surface area contributed by atoms with Crippen molar-refractivity contribution in [3.8, 4) is 5.75 Å². The first-order valence-electron chi connectivity index (χ1n) is 11.3. The quantitative estimate of drug-likeness (QED) is 0.156. The molecule has 1 atom stereocenters. The lowest BCUT2D eigenvalue weighted by Crippen LogP contribution is -2.29. The van der Waals surface area contributed by atoms with Crippen LogP contribution in [0.4, 0.5) is 5.69 Å². The summed E-state index contributed by atoms with van der Waals surface area (Å²) in [5, 5.41) is 13.2. The lowest BCUT2D eigenvalue weighted by Gasteiger charge is -2.24. The van der Waals surface area contributed by atoms with E-state index >= 15 is 0 Å². The Labute approximate surface area is 221 Å². The van der Waals surface area contributed by atoms with Crippen molar-refractivity contribution in [2.45, 2.75) is 19.6 Å². The third-order valence-corrected chi connectivity index (χ3v) is 7.45. The van der Waals surface area contributed by atoms with E-state index in [9.17, 15) is 14.7 Å². The number of ketones is 1. The molecule has 0 radical (unpaired) electrons. The number of halogens is 1. The van der Waals surface area contributed by atoms with Crippen LogP contribution in [0.15, 0.2) is 100 Å². The number of benzene rings is 3. The topological polar surface area (TPSA) is 66.8 Å². The van der Waals surface area contributed by atoms with Crippen molar-refractivity contribution in [1.29, 1.82) is 0 Å². The van der Waals surface area contributed by atoms with Crippen LogP contribution in [0.2, 0.25) is 0 Å².